The number of halogens is 1. The fourth-order valence-electron chi connectivity index (χ4n) is 2.04. The molecule has 1 heterocycles. The second-order valence-electron chi connectivity index (χ2n) is 4.66. The van der Waals surface area contributed by atoms with Gasteiger partial charge in [-0.3, -0.25) is 0 Å². The smallest absolute Gasteiger partial charge is 0.134 e. The first-order valence-electron chi connectivity index (χ1n) is 5.96. The van der Waals surface area contributed by atoms with E-state index < -0.39 is 0 Å². The molecule has 0 spiro atoms. The highest BCUT2D eigenvalue weighted by Crippen LogP contribution is 2.28. The first kappa shape index (κ1) is 12.1. The third-order valence-electron chi connectivity index (χ3n) is 3.18. The van der Waals surface area contributed by atoms with Crippen LogP contribution < -0.4 is 5.32 Å². The summed E-state index contributed by atoms with van der Waals surface area (Å²) < 4.78 is 18.8. The summed E-state index contributed by atoms with van der Waals surface area (Å²) >= 11 is 0. The van der Waals surface area contributed by atoms with Gasteiger partial charge in [0.05, 0.1) is 0 Å². The normalized spacial score (nSPS) is 15.1. The molecule has 2 unspecified atom stereocenters. The van der Waals surface area contributed by atoms with Crippen molar-refractivity contribution >= 4 is 11.0 Å². The van der Waals surface area contributed by atoms with E-state index in [1.54, 1.807) is 6.07 Å². The Bertz CT molecular complexity index is 506. The molecule has 2 nitrogen and oxygen atoms in total. The highest BCUT2D eigenvalue weighted by Gasteiger charge is 2.14. The van der Waals surface area contributed by atoms with Crippen molar-refractivity contribution in [2.75, 3.05) is 7.05 Å². The monoisotopic (exact) mass is 235 g/mol. The Morgan fingerprint density at radius 3 is 2.76 bits per heavy atom. The molecule has 0 fully saturated rings. The minimum absolute atomic E-state index is 0.221. The van der Waals surface area contributed by atoms with Crippen LogP contribution in [0, 0.1) is 5.82 Å². The van der Waals surface area contributed by atoms with E-state index in [0.717, 1.165) is 23.2 Å². The molecule has 17 heavy (non-hydrogen) atoms. The molecule has 1 N–H and O–H groups in total. The summed E-state index contributed by atoms with van der Waals surface area (Å²) in [6.07, 6.45) is 0.999. The number of fused-ring (bicyclic) bond motifs is 1. The lowest BCUT2D eigenvalue weighted by Crippen LogP contribution is -2.22. The second kappa shape index (κ2) is 4.88. The van der Waals surface area contributed by atoms with Crippen LogP contribution in [0.2, 0.25) is 0 Å². The lowest BCUT2D eigenvalue weighted by Gasteiger charge is -2.14. The van der Waals surface area contributed by atoms with Gasteiger partial charge in [0, 0.05) is 17.3 Å². The Hall–Kier alpha value is -1.35. The molecule has 0 saturated heterocycles. The van der Waals surface area contributed by atoms with E-state index in [1.165, 1.54) is 12.1 Å². The predicted molar refractivity (Wildman–Crippen MR) is 67.7 cm³/mol. The summed E-state index contributed by atoms with van der Waals surface area (Å²) in [5.74, 6) is 1.03. The van der Waals surface area contributed by atoms with Gasteiger partial charge in [-0.2, -0.15) is 0 Å². The molecule has 2 aromatic rings. The van der Waals surface area contributed by atoms with Crippen LogP contribution in [0.4, 0.5) is 4.39 Å². The third-order valence-corrected chi connectivity index (χ3v) is 3.18. The van der Waals surface area contributed by atoms with Crippen LogP contribution in [0.1, 0.15) is 31.9 Å². The Labute approximate surface area is 101 Å². The lowest BCUT2D eigenvalue weighted by molar-refractivity contribution is 0.445. The van der Waals surface area contributed by atoms with Crippen LogP contribution in [0.25, 0.3) is 11.0 Å². The Balaban J connectivity index is 2.24. The number of nitrogens with one attached hydrogen (secondary N) is 1. The van der Waals surface area contributed by atoms with Crippen LogP contribution in [0.3, 0.4) is 0 Å². The van der Waals surface area contributed by atoms with E-state index in [0.29, 0.717) is 12.0 Å². The standard InChI is InChI=1S/C14H18FNO/c1-9(6-10(2)16-3)14-8-11-7-12(15)4-5-13(11)17-14/h4-5,7-10,16H,6H2,1-3H3. The first-order chi connectivity index (χ1) is 8.10. The highest BCUT2D eigenvalue weighted by atomic mass is 19.1. The molecule has 0 aliphatic rings. The number of benzene rings is 1. The topological polar surface area (TPSA) is 25.2 Å². The first-order valence-corrected chi connectivity index (χ1v) is 5.96. The van der Waals surface area contributed by atoms with E-state index in [1.807, 2.05) is 13.1 Å². The molecule has 3 heteroatoms. The maximum Gasteiger partial charge on any atom is 0.134 e. The minimum atomic E-state index is -0.221. The summed E-state index contributed by atoms with van der Waals surface area (Å²) in [5, 5.41) is 4.04. The van der Waals surface area contributed by atoms with Crippen LogP contribution in [-0.4, -0.2) is 13.1 Å². The Kier molecular flexibility index (Phi) is 3.48. The molecule has 1 aromatic carbocycles. The molecular weight excluding hydrogens is 217 g/mol. The van der Waals surface area contributed by atoms with E-state index in [9.17, 15) is 4.39 Å². The largest absolute Gasteiger partial charge is 0.461 e. The molecular formula is C14H18FNO. The molecule has 0 aliphatic heterocycles. The summed E-state index contributed by atoms with van der Waals surface area (Å²) in [6, 6.07) is 7.00. The van der Waals surface area contributed by atoms with E-state index in [4.69, 9.17) is 4.42 Å². The van der Waals surface area contributed by atoms with Gasteiger partial charge < -0.3 is 9.73 Å². The predicted octanol–water partition coefficient (Wildman–Crippen LogP) is 3.67. The quantitative estimate of drug-likeness (QED) is 0.874. The van der Waals surface area contributed by atoms with Crippen LogP contribution in [0.15, 0.2) is 28.7 Å². The third kappa shape index (κ3) is 2.67. The van der Waals surface area contributed by atoms with Crippen LogP contribution in [0.5, 0.6) is 0 Å². The fraction of sp³-hybridized carbons (Fsp3) is 0.429. The van der Waals surface area contributed by atoms with Gasteiger partial charge >= 0.3 is 0 Å². The number of hydrogen-bond donors (Lipinski definition) is 1. The van der Waals surface area contributed by atoms with Gasteiger partial charge in [0.15, 0.2) is 0 Å². The molecule has 0 saturated carbocycles. The van der Waals surface area contributed by atoms with Crippen molar-refractivity contribution in [3.05, 3.63) is 35.8 Å². The lowest BCUT2D eigenvalue weighted by atomic mass is 10.00. The fourth-order valence-corrected chi connectivity index (χ4v) is 2.04. The summed E-state index contributed by atoms with van der Waals surface area (Å²) in [6.45, 7) is 4.26. The van der Waals surface area contributed by atoms with Gasteiger partial charge in [0.1, 0.15) is 17.2 Å². The molecule has 0 aliphatic carbocycles. The van der Waals surface area contributed by atoms with Crippen molar-refractivity contribution in [2.45, 2.75) is 32.2 Å². The molecule has 0 radical (unpaired) electrons. The summed E-state index contributed by atoms with van der Waals surface area (Å²) in [5.41, 5.74) is 0.755. The molecule has 92 valence electrons. The van der Waals surface area contributed by atoms with Gasteiger partial charge in [-0.05, 0) is 44.7 Å². The highest BCUT2D eigenvalue weighted by molar-refractivity contribution is 5.78. The van der Waals surface area contributed by atoms with E-state index in [2.05, 4.69) is 19.2 Å². The van der Waals surface area contributed by atoms with Gasteiger partial charge in [0.2, 0.25) is 0 Å². The van der Waals surface area contributed by atoms with Crippen molar-refractivity contribution < 1.29 is 8.81 Å². The number of furan rings is 1. The maximum atomic E-state index is 13.1. The minimum Gasteiger partial charge on any atom is -0.461 e. The number of hydrogen-bond acceptors (Lipinski definition) is 2. The van der Waals surface area contributed by atoms with Gasteiger partial charge in [-0.1, -0.05) is 6.92 Å². The molecule has 1 aromatic heterocycles. The molecule has 0 amide bonds. The molecule has 2 atom stereocenters. The van der Waals surface area contributed by atoms with Crippen molar-refractivity contribution in [3.8, 4) is 0 Å². The zero-order valence-electron chi connectivity index (χ0n) is 10.5. The van der Waals surface area contributed by atoms with Gasteiger partial charge in [-0.15, -0.1) is 0 Å². The van der Waals surface area contributed by atoms with Crippen molar-refractivity contribution in [1.29, 1.82) is 0 Å². The van der Waals surface area contributed by atoms with Crippen LogP contribution >= 0.6 is 0 Å². The van der Waals surface area contributed by atoms with Gasteiger partial charge in [-0.25, -0.2) is 4.39 Å². The average molecular weight is 235 g/mol. The van der Waals surface area contributed by atoms with Crippen molar-refractivity contribution in [3.63, 3.8) is 0 Å². The van der Waals surface area contributed by atoms with E-state index >= 15 is 0 Å². The summed E-state index contributed by atoms with van der Waals surface area (Å²) in [4.78, 5) is 0. The second-order valence-corrected chi connectivity index (χ2v) is 4.66. The van der Waals surface area contributed by atoms with Crippen molar-refractivity contribution in [1.82, 2.24) is 5.32 Å². The zero-order valence-corrected chi connectivity index (χ0v) is 10.5. The zero-order chi connectivity index (χ0) is 12.4. The Morgan fingerprint density at radius 2 is 2.06 bits per heavy atom. The van der Waals surface area contributed by atoms with Crippen LogP contribution in [-0.2, 0) is 0 Å². The van der Waals surface area contributed by atoms with Crippen molar-refractivity contribution in [2.24, 2.45) is 0 Å². The molecule has 0 bridgehead atoms. The number of rotatable bonds is 4. The average Bonchev–Trinajstić information content (AvgIpc) is 2.71. The van der Waals surface area contributed by atoms with E-state index in [-0.39, 0.29) is 5.82 Å². The summed E-state index contributed by atoms with van der Waals surface area (Å²) in [7, 11) is 1.95. The SMILES string of the molecule is CNC(C)CC(C)c1cc2cc(F)ccc2o1. The molecule has 2 rings (SSSR count). The van der Waals surface area contributed by atoms with Gasteiger partial charge in [0.25, 0.3) is 0 Å². The Morgan fingerprint density at radius 1 is 1.29 bits per heavy atom. The maximum absolute atomic E-state index is 13.1.